The minimum Gasteiger partial charge on any atom is -0.325 e. The fraction of sp³-hybridized carbons (Fsp3) is 0.400. The Morgan fingerprint density at radius 2 is 2.07 bits per heavy atom. The van der Waals surface area contributed by atoms with Gasteiger partial charge in [0.05, 0.1) is 5.41 Å². The van der Waals surface area contributed by atoms with E-state index in [4.69, 9.17) is 11.6 Å². The number of benzene rings is 2. The number of amides is 1. The van der Waals surface area contributed by atoms with E-state index in [2.05, 4.69) is 22.4 Å². The summed E-state index contributed by atoms with van der Waals surface area (Å²) >= 11 is 6.12. The first-order valence-electron chi connectivity index (χ1n) is 10.8. The number of rotatable bonds is 7. The lowest BCUT2D eigenvalue weighted by Crippen LogP contribution is -2.34. The van der Waals surface area contributed by atoms with E-state index in [1.165, 1.54) is 23.3 Å². The van der Waals surface area contributed by atoms with Gasteiger partial charge in [-0.15, -0.1) is 0 Å². The number of anilines is 1. The monoisotopic (exact) mass is 426 g/mol. The summed E-state index contributed by atoms with van der Waals surface area (Å²) in [5.41, 5.74) is 3.64. The van der Waals surface area contributed by atoms with Crippen LogP contribution in [0.2, 0.25) is 5.02 Å². The number of carbonyl (C=O) groups excluding carboxylic acids is 1. The van der Waals surface area contributed by atoms with Crippen molar-refractivity contribution in [1.29, 1.82) is 0 Å². The van der Waals surface area contributed by atoms with E-state index in [0.717, 1.165) is 62.3 Å². The van der Waals surface area contributed by atoms with Crippen LogP contribution in [0.25, 0.3) is 5.57 Å². The average molecular weight is 427 g/mol. The van der Waals surface area contributed by atoms with Crippen molar-refractivity contribution in [3.05, 3.63) is 70.5 Å². The van der Waals surface area contributed by atoms with Crippen molar-refractivity contribution in [2.75, 3.05) is 25.0 Å². The summed E-state index contributed by atoms with van der Waals surface area (Å²) in [6.07, 6.45) is 6.88. The summed E-state index contributed by atoms with van der Waals surface area (Å²) in [4.78, 5) is 15.2. The lowest BCUT2D eigenvalue weighted by Gasteiger charge is -2.28. The number of hydrogen-bond acceptors (Lipinski definition) is 2. The van der Waals surface area contributed by atoms with Crippen LogP contribution in [0.15, 0.2) is 48.5 Å². The molecule has 2 aliphatic rings. The van der Waals surface area contributed by atoms with Gasteiger partial charge in [-0.2, -0.15) is 0 Å². The quantitative estimate of drug-likeness (QED) is 0.547. The first kappa shape index (κ1) is 21.1. The maximum Gasteiger partial charge on any atom is 0.235 e. The molecule has 1 atom stereocenters. The number of nitrogens with zero attached hydrogens (tertiary/aromatic N) is 1. The molecule has 0 spiro atoms. The third-order valence-corrected chi connectivity index (χ3v) is 6.84. The second-order valence-electron chi connectivity index (χ2n) is 8.33. The molecule has 0 aliphatic carbocycles. The third kappa shape index (κ3) is 4.17. The highest BCUT2D eigenvalue weighted by molar-refractivity contribution is 6.30. The van der Waals surface area contributed by atoms with Crippen molar-refractivity contribution in [2.24, 2.45) is 0 Å². The number of halogens is 2. The van der Waals surface area contributed by atoms with Gasteiger partial charge < -0.3 is 5.32 Å². The molecule has 30 heavy (non-hydrogen) atoms. The summed E-state index contributed by atoms with van der Waals surface area (Å²) < 4.78 is 13.5. The Morgan fingerprint density at radius 1 is 1.20 bits per heavy atom. The molecule has 0 radical (unpaired) electrons. The van der Waals surface area contributed by atoms with E-state index < -0.39 is 5.41 Å². The van der Waals surface area contributed by atoms with Gasteiger partial charge >= 0.3 is 0 Å². The number of fused-ring (bicyclic) bond motifs is 1. The first-order chi connectivity index (χ1) is 14.5. The normalized spacial score (nSPS) is 21.3. The average Bonchev–Trinajstić information content (AvgIpc) is 3.02. The molecule has 2 aromatic carbocycles. The molecule has 0 fully saturated rings. The van der Waals surface area contributed by atoms with Crippen molar-refractivity contribution in [2.45, 2.75) is 44.4 Å². The maximum absolute atomic E-state index is 13.5. The standard InChI is InChI=1S/C25H28ClFN2O/c1-2-25(22-9-8-21(27)17-23(22)28-24(25)30)12-3-4-13-29-14-10-18(11-15-29)19-6-5-7-20(26)16-19/h5-10,16-17H,2-4,11-15H2,1H3,(H,28,30). The van der Waals surface area contributed by atoms with Crippen molar-refractivity contribution >= 4 is 28.8 Å². The van der Waals surface area contributed by atoms with Crippen LogP contribution in [0.5, 0.6) is 0 Å². The molecule has 2 aliphatic heterocycles. The van der Waals surface area contributed by atoms with Crippen LogP contribution in [0.1, 0.15) is 50.2 Å². The molecular formula is C25H28ClFN2O. The predicted molar refractivity (Wildman–Crippen MR) is 121 cm³/mol. The van der Waals surface area contributed by atoms with Gasteiger partial charge in [0.1, 0.15) is 5.82 Å². The highest BCUT2D eigenvalue weighted by atomic mass is 35.5. The fourth-order valence-electron chi connectivity index (χ4n) is 4.80. The van der Waals surface area contributed by atoms with Crippen LogP contribution >= 0.6 is 11.6 Å². The number of nitrogens with one attached hydrogen (secondary N) is 1. The highest BCUT2D eigenvalue weighted by Gasteiger charge is 2.44. The Morgan fingerprint density at radius 3 is 2.80 bits per heavy atom. The number of hydrogen-bond donors (Lipinski definition) is 1. The fourth-order valence-corrected chi connectivity index (χ4v) is 4.99. The van der Waals surface area contributed by atoms with Crippen LogP contribution in [0.3, 0.4) is 0 Å². The van der Waals surface area contributed by atoms with Crippen LogP contribution in [-0.2, 0) is 10.2 Å². The summed E-state index contributed by atoms with van der Waals surface area (Å²) in [6.45, 7) is 5.06. The lowest BCUT2D eigenvalue weighted by atomic mass is 9.75. The number of unbranched alkanes of at least 4 members (excludes halogenated alkanes) is 1. The molecule has 1 unspecified atom stereocenters. The van der Waals surface area contributed by atoms with Crippen LogP contribution < -0.4 is 5.32 Å². The van der Waals surface area contributed by atoms with Gasteiger partial charge in [0.25, 0.3) is 0 Å². The minimum atomic E-state index is -0.523. The zero-order valence-corrected chi connectivity index (χ0v) is 18.1. The Kier molecular flexibility index (Phi) is 6.26. The van der Waals surface area contributed by atoms with E-state index in [-0.39, 0.29) is 11.7 Å². The SMILES string of the molecule is CCC1(CCCCN2CC=C(c3cccc(Cl)c3)CC2)C(=O)Nc2cc(F)ccc21. The van der Waals surface area contributed by atoms with Gasteiger partial charge in [-0.1, -0.05) is 49.2 Å². The van der Waals surface area contributed by atoms with E-state index in [9.17, 15) is 9.18 Å². The molecule has 1 N–H and O–H groups in total. The first-order valence-corrected chi connectivity index (χ1v) is 11.2. The Labute approximate surface area is 182 Å². The molecule has 3 nitrogen and oxygen atoms in total. The van der Waals surface area contributed by atoms with Crippen LogP contribution in [0, 0.1) is 5.82 Å². The van der Waals surface area contributed by atoms with E-state index in [1.807, 2.05) is 25.1 Å². The van der Waals surface area contributed by atoms with Gasteiger partial charge in [-0.3, -0.25) is 9.69 Å². The van der Waals surface area contributed by atoms with E-state index >= 15 is 0 Å². The van der Waals surface area contributed by atoms with Crippen molar-refractivity contribution in [3.8, 4) is 0 Å². The van der Waals surface area contributed by atoms with Crippen molar-refractivity contribution in [3.63, 3.8) is 0 Å². The van der Waals surface area contributed by atoms with Crippen LogP contribution in [-0.4, -0.2) is 30.4 Å². The molecule has 2 heterocycles. The second kappa shape index (κ2) is 8.91. The zero-order chi connectivity index (χ0) is 21.1. The minimum absolute atomic E-state index is 0.0117. The largest absolute Gasteiger partial charge is 0.325 e. The summed E-state index contributed by atoms with van der Waals surface area (Å²) in [5, 5.41) is 3.67. The Bertz CT molecular complexity index is 973. The van der Waals surface area contributed by atoms with Crippen LogP contribution in [0.4, 0.5) is 10.1 Å². The van der Waals surface area contributed by atoms with Gasteiger partial charge in [-0.05, 0) is 73.2 Å². The molecule has 0 saturated heterocycles. The van der Waals surface area contributed by atoms with Crippen molar-refractivity contribution in [1.82, 2.24) is 4.90 Å². The zero-order valence-electron chi connectivity index (χ0n) is 17.4. The summed E-state index contributed by atoms with van der Waals surface area (Å²) in [5.74, 6) is -0.297. The smallest absolute Gasteiger partial charge is 0.235 e. The van der Waals surface area contributed by atoms with Gasteiger partial charge in [0.2, 0.25) is 5.91 Å². The van der Waals surface area contributed by atoms with Gasteiger partial charge in [0.15, 0.2) is 0 Å². The summed E-state index contributed by atoms with van der Waals surface area (Å²) in [7, 11) is 0. The number of carbonyl (C=O) groups is 1. The molecule has 0 bridgehead atoms. The molecule has 1 amide bonds. The molecule has 158 valence electrons. The molecular weight excluding hydrogens is 399 g/mol. The van der Waals surface area contributed by atoms with Gasteiger partial charge in [0, 0.05) is 23.8 Å². The summed E-state index contributed by atoms with van der Waals surface area (Å²) in [6, 6.07) is 12.7. The van der Waals surface area contributed by atoms with E-state index in [1.54, 1.807) is 6.07 Å². The van der Waals surface area contributed by atoms with E-state index in [0.29, 0.717) is 5.69 Å². The highest BCUT2D eigenvalue weighted by Crippen LogP contribution is 2.44. The Hall–Kier alpha value is -2.17. The maximum atomic E-state index is 13.5. The molecule has 5 heteroatoms. The van der Waals surface area contributed by atoms with Gasteiger partial charge in [-0.25, -0.2) is 4.39 Å². The molecule has 0 saturated carbocycles. The lowest BCUT2D eigenvalue weighted by molar-refractivity contribution is -0.121. The molecule has 2 aromatic rings. The Balaban J connectivity index is 1.31. The molecule has 0 aromatic heterocycles. The third-order valence-electron chi connectivity index (χ3n) is 6.60. The topological polar surface area (TPSA) is 32.3 Å². The second-order valence-corrected chi connectivity index (χ2v) is 8.76. The molecule has 4 rings (SSSR count). The van der Waals surface area contributed by atoms with Crippen molar-refractivity contribution < 1.29 is 9.18 Å². The predicted octanol–water partition coefficient (Wildman–Crippen LogP) is 6.04.